The fourth-order valence-electron chi connectivity index (χ4n) is 7.24. The van der Waals surface area contributed by atoms with Gasteiger partial charge in [0.1, 0.15) is 6.10 Å². The molecule has 0 saturated heterocycles. The summed E-state index contributed by atoms with van der Waals surface area (Å²) >= 11 is 2.13. The molecule has 638 valence electrons. The highest BCUT2D eigenvalue weighted by molar-refractivity contribution is 7.99. The number of aliphatic hydroxyl groups is 1. The zero-order valence-electron chi connectivity index (χ0n) is 78.2. The highest BCUT2D eigenvalue weighted by Gasteiger charge is 2.23. The van der Waals surface area contributed by atoms with Gasteiger partial charge in [0, 0.05) is 51.7 Å². The number of hydrogen-bond donors (Lipinski definition) is 2. The molecule has 0 unspecified atom stereocenters. The molecule has 0 aromatic rings. The molecule has 0 atom stereocenters. The molecule has 1 amide bonds. The van der Waals surface area contributed by atoms with Crippen LogP contribution in [0.5, 0.6) is 0 Å². The molecule has 0 fully saturated rings. The van der Waals surface area contributed by atoms with Crippen LogP contribution < -0.4 is 5.32 Å². The maximum Gasteiger partial charge on any atom is 0.311 e. The third-order valence-corrected chi connectivity index (χ3v) is 14.1. The number of nitrogens with one attached hydrogen (secondary N) is 1. The number of thioether (sulfide) groups is 1. The summed E-state index contributed by atoms with van der Waals surface area (Å²) in [6, 6.07) is 0. The van der Waals surface area contributed by atoms with Gasteiger partial charge in [0.15, 0.2) is 0 Å². The minimum absolute atomic E-state index is 0.0197. The average molecular weight is 1530 g/mol. The average Bonchev–Trinajstić information content (AvgIpc) is 0.903. The second-order valence-corrected chi connectivity index (χ2v) is 42.4. The first-order valence-corrected chi connectivity index (χ1v) is 41.3. The first-order valence-electron chi connectivity index (χ1n) is 40.2. The van der Waals surface area contributed by atoms with Crippen molar-refractivity contribution in [1.82, 2.24) is 5.32 Å². The summed E-state index contributed by atoms with van der Waals surface area (Å²) in [5.74, 6) is 2.69. The summed E-state index contributed by atoms with van der Waals surface area (Å²) in [7, 11) is 0. The summed E-state index contributed by atoms with van der Waals surface area (Å²) in [6.45, 7) is 96.5. The maximum absolute atomic E-state index is 11.5. The number of aliphatic hydroxyl groups excluding tert-OH is 1. The van der Waals surface area contributed by atoms with Crippen molar-refractivity contribution in [3.05, 3.63) is 0 Å². The van der Waals surface area contributed by atoms with Crippen LogP contribution in [0.3, 0.4) is 0 Å². The van der Waals surface area contributed by atoms with Crippen LogP contribution in [0.2, 0.25) is 0 Å². The molecule has 0 radical (unpaired) electrons. The molecule has 0 heterocycles. The normalized spacial score (nSPS) is 12.6. The number of carbonyl (C=O) groups is 4. The molecule has 2 N–H and O–H groups in total. The Morgan fingerprint density at radius 3 is 0.933 bits per heavy atom. The lowest BCUT2D eigenvalue weighted by Gasteiger charge is -2.25. The Bertz CT molecular complexity index is 1890. The first kappa shape index (κ1) is 119. The molecule has 0 aromatic heterocycles. The molecule has 16 nitrogen and oxygen atoms in total. The van der Waals surface area contributed by atoms with Crippen molar-refractivity contribution in [1.29, 1.82) is 0 Å². The van der Waals surface area contributed by atoms with E-state index in [2.05, 4.69) is 135 Å². The largest absolute Gasteiger partial charge is 0.463 e. The van der Waals surface area contributed by atoms with E-state index in [0.29, 0.717) is 73.6 Å². The molecule has 0 spiro atoms. The first-order chi connectivity index (χ1) is 46.6. The number of hydrogen-bond acceptors (Lipinski definition) is 16. The van der Waals surface area contributed by atoms with Crippen molar-refractivity contribution < 1.29 is 71.7 Å². The van der Waals surface area contributed by atoms with Crippen LogP contribution in [0.1, 0.15) is 375 Å². The lowest BCUT2D eigenvalue weighted by Crippen LogP contribution is -2.35. The molecule has 17 heteroatoms. The van der Waals surface area contributed by atoms with Crippen LogP contribution in [0.25, 0.3) is 0 Å². The summed E-state index contributed by atoms with van der Waals surface area (Å²) in [6.07, 6.45) is 11.6. The van der Waals surface area contributed by atoms with Crippen LogP contribution in [0.4, 0.5) is 0 Å². The molecule has 0 saturated carbocycles. The van der Waals surface area contributed by atoms with Gasteiger partial charge in [-0.2, -0.15) is 11.8 Å². The topological polar surface area (TPSA) is 193 Å². The van der Waals surface area contributed by atoms with Gasteiger partial charge >= 0.3 is 17.9 Å². The van der Waals surface area contributed by atoms with Gasteiger partial charge in [0.25, 0.3) is 0 Å². The van der Waals surface area contributed by atoms with E-state index < -0.39 is 12.4 Å². The van der Waals surface area contributed by atoms with Gasteiger partial charge < -0.3 is 57.8 Å². The van der Waals surface area contributed by atoms with E-state index in [1.54, 1.807) is 27.7 Å². The maximum atomic E-state index is 11.5. The highest BCUT2D eigenvalue weighted by atomic mass is 32.2. The fraction of sp³-hybridized carbons (Fsp3) is 0.955. The molecule has 105 heavy (non-hydrogen) atoms. The van der Waals surface area contributed by atoms with Gasteiger partial charge in [-0.25, -0.2) is 0 Å². The van der Waals surface area contributed by atoms with E-state index in [0.717, 1.165) is 38.6 Å². The Balaban J connectivity index is -0.000000171. The molecular formula is C88H185NO15S. The van der Waals surface area contributed by atoms with Gasteiger partial charge in [-0.3, -0.25) is 19.2 Å². The van der Waals surface area contributed by atoms with Gasteiger partial charge in [0.2, 0.25) is 12.2 Å². The summed E-state index contributed by atoms with van der Waals surface area (Å²) in [5.41, 5.74) is 1.07. The number of ether oxygens (including phenoxy) is 10. The van der Waals surface area contributed by atoms with Gasteiger partial charge in [-0.05, 0) is 248 Å². The number of carbonyl (C=O) groups excluding carboxylic acids is 4. The SMILES string of the molecule is CC(C)(C)CCCOCCCC(C)(C)C.CC(C)(C)CCCSCCCC(C)(C)C.CC(C)(C)OCC(O)COC(C)(C)C.CC(C)(C)OCCCNC(=O)C(C)(C)C.CC(C)(C)OCCOC(C)(C)C.CC(C)CC(=O)OC(C)C.CC(C)CCOC(C)(C)C.CC(OC(=O)C(C)C)OC(=O)C(C)C. The van der Waals surface area contributed by atoms with Crippen LogP contribution in [-0.2, 0) is 66.5 Å². The molecule has 0 aliphatic carbocycles. The summed E-state index contributed by atoms with van der Waals surface area (Å²) in [4.78, 5) is 44.5. The summed E-state index contributed by atoms with van der Waals surface area (Å²) in [5, 5.41) is 12.4. The number of amides is 1. The number of esters is 3. The van der Waals surface area contributed by atoms with E-state index in [4.69, 9.17) is 47.4 Å². The third-order valence-electron chi connectivity index (χ3n) is 12.9. The van der Waals surface area contributed by atoms with Crippen molar-refractivity contribution in [2.24, 2.45) is 50.7 Å². The smallest absolute Gasteiger partial charge is 0.311 e. The molecule has 0 bridgehead atoms. The predicted octanol–water partition coefficient (Wildman–Crippen LogP) is 23.5. The quantitative estimate of drug-likeness (QED) is 0.0358. The van der Waals surface area contributed by atoms with Crippen molar-refractivity contribution in [2.75, 3.05) is 70.9 Å². The van der Waals surface area contributed by atoms with E-state index in [1.807, 2.05) is 152 Å². The van der Waals surface area contributed by atoms with Crippen molar-refractivity contribution in [3.63, 3.8) is 0 Å². The fourth-order valence-corrected chi connectivity index (χ4v) is 8.15. The minimum atomic E-state index is -0.806. The Kier molecular flexibility index (Phi) is 68.4. The second-order valence-electron chi connectivity index (χ2n) is 41.2. The predicted molar refractivity (Wildman–Crippen MR) is 452 cm³/mol. The Hall–Kier alpha value is -2.09. The monoisotopic (exact) mass is 1530 g/mol. The minimum Gasteiger partial charge on any atom is -0.463 e. The standard InChI is InChI=1S/C14H30O.C14H30S.C12H25NO2.C11H24O3.C10H18O4.C10H22O2.C9H20O.C8H16O2/c2*1-13(2,3)9-7-11-15-12-8-10-14(4,5)6;1-11(2,3)10(14)13-8-7-9-15-12(4,5)6;1-10(2,3)13-7-9(12)8-14-11(4,5)6;1-6(2)9(11)13-8(5)14-10(12)7(3)4;1-9(2,3)11-7-8-12-10(4,5)6;1-8(2)6-7-10-9(3,4)5;1-6(2)5-8(9)10-7(3)4/h2*7-12H2,1-6H3;7-9H2,1-6H3,(H,13,14);9,12H,7-8H2,1-6H3;6-8H,1-5H3;7-8H2,1-6H3;8H,6-7H2,1-5H3;6-7H,5H2,1-4H3. The Morgan fingerprint density at radius 2 is 0.667 bits per heavy atom. The zero-order valence-corrected chi connectivity index (χ0v) is 79.0. The van der Waals surface area contributed by atoms with E-state index in [1.165, 1.54) is 69.8 Å². The highest BCUT2D eigenvalue weighted by Crippen LogP contribution is 2.26. The molecular weight excluding hydrogens is 1340 g/mol. The molecule has 0 aliphatic rings. The summed E-state index contributed by atoms with van der Waals surface area (Å²) < 4.78 is 53.2. The van der Waals surface area contributed by atoms with Crippen molar-refractivity contribution in [2.45, 2.75) is 427 Å². The third kappa shape index (κ3) is 129. The zero-order chi connectivity index (χ0) is 84.9. The Labute approximate surface area is 658 Å². The van der Waals surface area contributed by atoms with Crippen molar-refractivity contribution >= 4 is 35.6 Å². The van der Waals surface area contributed by atoms with Crippen LogP contribution in [0, 0.1) is 50.7 Å². The number of rotatable bonds is 33. The van der Waals surface area contributed by atoms with E-state index in [9.17, 15) is 24.3 Å². The van der Waals surface area contributed by atoms with Gasteiger partial charge in [-0.1, -0.05) is 159 Å². The van der Waals surface area contributed by atoms with Gasteiger partial charge in [0.05, 0.1) is 78.0 Å². The van der Waals surface area contributed by atoms with Crippen molar-refractivity contribution in [3.8, 4) is 0 Å². The lowest BCUT2D eigenvalue weighted by atomic mass is 9.90. The van der Waals surface area contributed by atoms with E-state index >= 15 is 0 Å². The second kappa shape index (κ2) is 60.6. The molecule has 0 aromatic carbocycles. The molecule has 0 aliphatic heterocycles. The van der Waals surface area contributed by atoms with Crippen LogP contribution >= 0.6 is 11.8 Å². The van der Waals surface area contributed by atoms with Gasteiger partial charge in [-0.15, -0.1) is 0 Å². The van der Waals surface area contributed by atoms with Crippen LogP contribution in [-0.4, -0.2) is 152 Å². The van der Waals surface area contributed by atoms with E-state index in [-0.39, 0.29) is 80.8 Å². The Morgan fingerprint density at radius 1 is 0.362 bits per heavy atom. The lowest BCUT2D eigenvalue weighted by molar-refractivity contribution is -0.189. The molecule has 0 rings (SSSR count). The van der Waals surface area contributed by atoms with Crippen LogP contribution in [0.15, 0.2) is 0 Å².